The molecule has 4 nitrogen and oxygen atoms in total. The normalized spacial score (nSPS) is 15.5. The lowest BCUT2D eigenvalue weighted by molar-refractivity contribution is -0.124. The molecule has 0 heterocycles. The summed E-state index contributed by atoms with van der Waals surface area (Å²) < 4.78 is 5.64. The molecule has 0 radical (unpaired) electrons. The highest BCUT2D eigenvalue weighted by atomic mass is 16.5. The SMILES string of the molecule is Cc1cc(C=O)cc(C)c1OCC(=O)NC1CCCCC1. The number of benzene rings is 1. The highest BCUT2D eigenvalue weighted by molar-refractivity contribution is 5.78. The van der Waals surface area contributed by atoms with Crippen molar-refractivity contribution in [3.05, 3.63) is 28.8 Å². The van der Waals surface area contributed by atoms with Gasteiger partial charge in [-0.2, -0.15) is 0 Å². The van der Waals surface area contributed by atoms with Crippen molar-refractivity contribution >= 4 is 12.2 Å². The summed E-state index contributed by atoms with van der Waals surface area (Å²) in [6.07, 6.45) is 6.61. The Morgan fingerprint density at radius 1 is 1.24 bits per heavy atom. The van der Waals surface area contributed by atoms with Crippen LogP contribution in [0.25, 0.3) is 0 Å². The van der Waals surface area contributed by atoms with E-state index in [0.717, 1.165) is 30.3 Å². The number of nitrogens with one attached hydrogen (secondary N) is 1. The molecule has 1 amide bonds. The number of aldehydes is 1. The smallest absolute Gasteiger partial charge is 0.258 e. The average Bonchev–Trinajstić information content (AvgIpc) is 2.47. The molecule has 114 valence electrons. The van der Waals surface area contributed by atoms with E-state index < -0.39 is 0 Å². The van der Waals surface area contributed by atoms with Crippen LogP contribution in [0.3, 0.4) is 0 Å². The molecular formula is C17H23NO3. The van der Waals surface area contributed by atoms with Crippen molar-refractivity contribution in [2.24, 2.45) is 0 Å². The standard InChI is InChI=1S/C17H23NO3/c1-12-8-14(10-19)9-13(2)17(12)21-11-16(20)18-15-6-4-3-5-7-15/h8-10,15H,3-7,11H2,1-2H3,(H,18,20). The number of carbonyl (C=O) groups excluding carboxylic acids is 2. The number of amides is 1. The third-order valence-electron chi connectivity index (χ3n) is 3.94. The Balaban J connectivity index is 1.90. The first-order valence-electron chi connectivity index (χ1n) is 7.58. The summed E-state index contributed by atoms with van der Waals surface area (Å²) >= 11 is 0. The predicted molar refractivity (Wildman–Crippen MR) is 81.8 cm³/mol. The van der Waals surface area contributed by atoms with Gasteiger partial charge in [0, 0.05) is 11.6 Å². The van der Waals surface area contributed by atoms with Crippen LogP contribution in [0.2, 0.25) is 0 Å². The zero-order valence-electron chi connectivity index (χ0n) is 12.8. The van der Waals surface area contributed by atoms with Crippen LogP contribution in [0.4, 0.5) is 0 Å². The van der Waals surface area contributed by atoms with Gasteiger partial charge in [-0.3, -0.25) is 9.59 Å². The van der Waals surface area contributed by atoms with Crippen molar-refractivity contribution in [2.75, 3.05) is 6.61 Å². The van der Waals surface area contributed by atoms with Crippen LogP contribution in [0.5, 0.6) is 5.75 Å². The zero-order valence-corrected chi connectivity index (χ0v) is 12.8. The summed E-state index contributed by atoms with van der Waals surface area (Å²) in [4.78, 5) is 22.7. The van der Waals surface area contributed by atoms with Crippen molar-refractivity contribution < 1.29 is 14.3 Å². The van der Waals surface area contributed by atoms with E-state index in [-0.39, 0.29) is 12.5 Å². The maximum atomic E-state index is 11.9. The van der Waals surface area contributed by atoms with E-state index in [1.165, 1.54) is 19.3 Å². The van der Waals surface area contributed by atoms with Gasteiger partial charge in [-0.25, -0.2) is 0 Å². The van der Waals surface area contributed by atoms with E-state index >= 15 is 0 Å². The molecule has 0 unspecified atom stereocenters. The van der Waals surface area contributed by atoms with E-state index in [1.54, 1.807) is 12.1 Å². The Morgan fingerprint density at radius 2 is 1.86 bits per heavy atom. The molecule has 0 aromatic heterocycles. The third kappa shape index (κ3) is 4.31. The molecule has 0 atom stereocenters. The van der Waals surface area contributed by atoms with Gasteiger partial charge in [0.25, 0.3) is 5.91 Å². The molecule has 21 heavy (non-hydrogen) atoms. The fourth-order valence-corrected chi connectivity index (χ4v) is 2.93. The van der Waals surface area contributed by atoms with Crippen molar-refractivity contribution in [3.8, 4) is 5.75 Å². The third-order valence-corrected chi connectivity index (χ3v) is 3.94. The number of rotatable bonds is 5. The average molecular weight is 289 g/mol. The molecule has 0 bridgehead atoms. The van der Waals surface area contributed by atoms with Gasteiger partial charge in [0.1, 0.15) is 12.0 Å². The largest absolute Gasteiger partial charge is 0.483 e. The molecule has 1 fully saturated rings. The van der Waals surface area contributed by atoms with E-state index in [2.05, 4.69) is 5.32 Å². The molecule has 1 aliphatic rings. The maximum Gasteiger partial charge on any atom is 0.258 e. The number of hydrogen-bond donors (Lipinski definition) is 1. The fraction of sp³-hybridized carbons (Fsp3) is 0.529. The molecular weight excluding hydrogens is 266 g/mol. The molecule has 0 aliphatic heterocycles. The Bertz CT molecular complexity index is 496. The van der Waals surface area contributed by atoms with Crippen LogP contribution in [0.1, 0.15) is 53.6 Å². The summed E-state index contributed by atoms with van der Waals surface area (Å²) in [5, 5.41) is 3.03. The lowest BCUT2D eigenvalue weighted by atomic mass is 9.95. The van der Waals surface area contributed by atoms with E-state index in [0.29, 0.717) is 17.4 Å². The monoisotopic (exact) mass is 289 g/mol. The van der Waals surface area contributed by atoms with Gasteiger partial charge in [0.15, 0.2) is 6.61 Å². The first-order chi connectivity index (χ1) is 10.1. The maximum absolute atomic E-state index is 11.9. The van der Waals surface area contributed by atoms with Crippen molar-refractivity contribution in [1.29, 1.82) is 0 Å². The minimum absolute atomic E-state index is 0.0264. The Labute approximate surface area is 125 Å². The second-order valence-corrected chi connectivity index (χ2v) is 5.79. The molecule has 1 aromatic rings. The molecule has 4 heteroatoms. The van der Waals surface area contributed by atoms with Crippen molar-refractivity contribution in [3.63, 3.8) is 0 Å². The number of aryl methyl sites for hydroxylation is 2. The van der Waals surface area contributed by atoms with Gasteiger partial charge in [0.05, 0.1) is 0 Å². The molecule has 2 rings (SSSR count). The minimum Gasteiger partial charge on any atom is -0.483 e. The molecule has 1 aromatic carbocycles. The predicted octanol–water partition coefficient (Wildman–Crippen LogP) is 2.94. The fourth-order valence-electron chi connectivity index (χ4n) is 2.93. The van der Waals surface area contributed by atoms with Gasteiger partial charge in [-0.05, 0) is 49.9 Å². The van der Waals surface area contributed by atoms with Crippen molar-refractivity contribution in [1.82, 2.24) is 5.32 Å². The second-order valence-electron chi connectivity index (χ2n) is 5.79. The van der Waals surface area contributed by atoms with Gasteiger partial charge >= 0.3 is 0 Å². The first-order valence-corrected chi connectivity index (χ1v) is 7.58. The summed E-state index contributed by atoms with van der Waals surface area (Å²) in [7, 11) is 0. The minimum atomic E-state index is -0.0693. The molecule has 1 aliphatic carbocycles. The quantitative estimate of drug-likeness (QED) is 0.848. The first kappa shape index (κ1) is 15.5. The van der Waals surface area contributed by atoms with Crippen LogP contribution < -0.4 is 10.1 Å². The molecule has 0 saturated heterocycles. The summed E-state index contributed by atoms with van der Waals surface area (Å²) in [6, 6.07) is 3.84. The van der Waals surface area contributed by atoms with E-state index in [9.17, 15) is 9.59 Å². The second kappa shape index (κ2) is 7.25. The number of hydrogen-bond acceptors (Lipinski definition) is 3. The van der Waals surface area contributed by atoms with Crippen LogP contribution in [-0.4, -0.2) is 24.8 Å². The van der Waals surface area contributed by atoms with E-state index in [4.69, 9.17) is 4.74 Å². The van der Waals surface area contributed by atoms with Gasteiger partial charge in [-0.1, -0.05) is 19.3 Å². The lowest BCUT2D eigenvalue weighted by Crippen LogP contribution is -2.39. The van der Waals surface area contributed by atoms with Crippen LogP contribution >= 0.6 is 0 Å². The van der Waals surface area contributed by atoms with Gasteiger partial charge < -0.3 is 10.1 Å². The number of ether oxygens (including phenoxy) is 1. The van der Waals surface area contributed by atoms with E-state index in [1.807, 2.05) is 13.8 Å². The molecule has 1 N–H and O–H groups in total. The molecule has 0 spiro atoms. The Morgan fingerprint density at radius 3 is 2.43 bits per heavy atom. The highest BCUT2D eigenvalue weighted by Crippen LogP contribution is 2.24. The topological polar surface area (TPSA) is 55.4 Å². The van der Waals surface area contributed by atoms with Crippen LogP contribution in [0.15, 0.2) is 12.1 Å². The number of carbonyl (C=O) groups is 2. The lowest BCUT2D eigenvalue weighted by Gasteiger charge is -2.23. The summed E-state index contributed by atoms with van der Waals surface area (Å²) in [5.74, 6) is 0.625. The van der Waals surface area contributed by atoms with Crippen LogP contribution in [0, 0.1) is 13.8 Å². The van der Waals surface area contributed by atoms with Gasteiger partial charge in [0.2, 0.25) is 0 Å². The Kier molecular flexibility index (Phi) is 5.37. The zero-order chi connectivity index (χ0) is 15.2. The van der Waals surface area contributed by atoms with Gasteiger partial charge in [-0.15, -0.1) is 0 Å². The summed E-state index contributed by atoms with van der Waals surface area (Å²) in [5.41, 5.74) is 2.38. The molecule has 1 saturated carbocycles. The highest BCUT2D eigenvalue weighted by Gasteiger charge is 2.16. The Hall–Kier alpha value is -1.84. The van der Waals surface area contributed by atoms with Crippen molar-refractivity contribution in [2.45, 2.75) is 52.0 Å². The van der Waals surface area contributed by atoms with Crippen LogP contribution in [-0.2, 0) is 4.79 Å². The summed E-state index contributed by atoms with van der Waals surface area (Å²) in [6.45, 7) is 3.79.